The molecule has 3 nitrogen and oxygen atoms in total. The van der Waals surface area contributed by atoms with Crippen LogP contribution >= 0.6 is 0 Å². The Labute approximate surface area is 88.0 Å². The number of amides is 1. The molecule has 1 aromatic carbocycles. The summed E-state index contributed by atoms with van der Waals surface area (Å²) in [5, 5.41) is 3.74. The lowest BCUT2D eigenvalue weighted by molar-refractivity contribution is -0.121. The number of benzene rings is 1. The van der Waals surface area contributed by atoms with Gasteiger partial charge in [0.2, 0.25) is 5.91 Å². The molecule has 0 bridgehead atoms. The summed E-state index contributed by atoms with van der Waals surface area (Å²) >= 11 is 0. The summed E-state index contributed by atoms with van der Waals surface area (Å²) in [6.07, 6.45) is 2.73. The predicted octanol–water partition coefficient (Wildman–Crippen LogP) is 2.08. The highest BCUT2D eigenvalue weighted by Gasteiger charge is 1.95. The number of rotatable bonds is 4. The van der Waals surface area contributed by atoms with Crippen LogP contribution in [0.5, 0.6) is 0 Å². The van der Waals surface area contributed by atoms with Crippen LogP contribution in [0.15, 0.2) is 29.4 Å². The van der Waals surface area contributed by atoms with Gasteiger partial charge in [0, 0.05) is 6.42 Å². The topological polar surface area (TPSA) is 41.5 Å². The quantitative estimate of drug-likeness (QED) is 0.597. The van der Waals surface area contributed by atoms with Gasteiger partial charge in [-0.2, -0.15) is 5.10 Å². The zero-order valence-corrected chi connectivity index (χ0v) is 8.53. The van der Waals surface area contributed by atoms with Crippen LogP contribution < -0.4 is 5.43 Å². The number of hydrogen-bond acceptors (Lipinski definition) is 2. The van der Waals surface area contributed by atoms with E-state index in [1.54, 1.807) is 12.1 Å². The molecule has 0 radical (unpaired) electrons. The molecule has 0 unspecified atom stereocenters. The van der Waals surface area contributed by atoms with Gasteiger partial charge < -0.3 is 0 Å². The van der Waals surface area contributed by atoms with Crippen LogP contribution in [0.2, 0.25) is 0 Å². The number of halogens is 1. The normalized spacial score (nSPS) is 10.5. The maximum Gasteiger partial charge on any atom is 0.240 e. The second-order valence-corrected chi connectivity index (χ2v) is 3.09. The van der Waals surface area contributed by atoms with Crippen LogP contribution in [0.25, 0.3) is 0 Å². The van der Waals surface area contributed by atoms with Gasteiger partial charge in [0.1, 0.15) is 5.82 Å². The maximum atomic E-state index is 12.5. The first-order valence-corrected chi connectivity index (χ1v) is 4.80. The van der Waals surface area contributed by atoms with Crippen molar-refractivity contribution < 1.29 is 9.18 Å². The first-order chi connectivity index (χ1) is 7.22. The molecule has 0 saturated carbocycles. The third-order valence-electron chi connectivity index (χ3n) is 1.75. The standard InChI is InChI=1S/C11H13FN2O/c1-2-3-11(15)14-13-8-9-4-6-10(12)7-5-9/h4-8H,2-3H2,1H3,(H,14,15). The average molecular weight is 208 g/mol. The van der Waals surface area contributed by atoms with Crippen molar-refractivity contribution in [1.82, 2.24) is 5.43 Å². The van der Waals surface area contributed by atoms with Crippen LogP contribution in [0.1, 0.15) is 25.3 Å². The molecule has 0 atom stereocenters. The average Bonchev–Trinajstić information content (AvgIpc) is 2.21. The zero-order valence-electron chi connectivity index (χ0n) is 8.53. The second kappa shape index (κ2) is 5.90. The monoisotopic (exact) mass is 208 g/mol. The van der Waals surface area contributed by atoms with Crippen molar-refractivity contribution in [2.24, 2.45) is 5.10 Å². The number of hydrazone groups is 1. The number of hydrogen-bond donors (Lipinski definition) is 1. The molecule has 0 heterocycles. The first kappa shape index (κ1) is 11.4. The first-order valence-electron chi connectivity index (χ1n) is 4.80. The van der Waals surface area contributed by atoms with E-state index in [2.05, 4.69) is 10.5 Å². The lowest BCUT2D eigenvalue weighted by Gasteiger charge is -1.96. The van der Waals surface area contributed by atoms with E-state index in [-0.39, 0.29) is 11.7 Å². The highest BCUT2D eigenvalue weighted by atomic mass is 19.1. The highest BCUT2D eigenvalue weighted by Crippen LogP contribution is 1.99. The highest BCUT2D eigenvalue weighted by molar-refractivity contribution is 5.82. The Kier molecular flexibility index (Phi) is 4.47. The van der Waals surface area contributed by atoms with Crippen molar-refractivity contribution in [2.45, 2.75) is 19.8 Å². The molecule has 1 N–H and O–H groups in total. The van der Waals surface area contributed by atoms with Crippen molar-refractivity contribution in [3.63, 3.8) is 0 Å². The van der Waals surface area contributed by atoms with Crippen LogP contribution in [0, 0.1) is 5.82 Å². The van der Waals surface area contributed by atoms with Crippen molar-refractivity contribution in [3.8, 4) is 0 Å². The maximum absolute atomic E-state index is 12.5. The van der Waals surface area contributed by atoms with Gasteiger partial charge in [-0.15, -0.1) is 0 Å². The SMILES string of the molecule is CCCC(=O)NN=Cc1ccc(F)cc1. The van der Waals surface area contributed by atoms with E-state index < -0.39 is 0 Å². The number of nitrogens with one attached hydrogen (secondary N) is 1. The molecule has 0 aromatic heterocycles. The van der Waals surface area contributed by atoms with E-state index in [1.165, 1.54) is 18.3 Å². The zero-order chi connectivity index (χ0) is 11.1. The van der Waals surface area contributed by atoms with Crippen molar-refractivity contribution in [1.29, 1.82) is 0 Å². The molecule has 0 aliphatic carbocycles. The number of carbonyl (C=O) groups excluding carboxylic acids is 1. The molecule has 0 saturated heterocycles. The van der Waals surface area contributed by atoms with E-state index in [4.69, 9.17) is 0 Å². The fourth-order valence-electron chi connectivity index (χ4n) is 1.01. The lowest BCUT2D eigenvalue weighted by atomic mass is 10.2. The Balaban J connectivity index is 2.44. The van der Waals surface area contributed by atoms with E-state index in [0.717, 1.165) is 12.0 Å². The third kappa shape index (κ3) is 4.35. The molecule has 15 heavy (non-hydrogen) atoms. The Hall–Kier alpha value is -1.71. The van der Waals surface area contributed by atoms with Gasteiger partial charge >= 0.3 is 0 Å². The molecule has 1 rings (SSSR count). The molecular formula is C11H13FN2O. The molecular weight excluding hydrogens is 195 g/mol. The van der Waals surface area contributed by atoms with Crippen LogP contribution in [-0.4, -0.2) is 12.1 Å². The van der Waals surface area contributed by atoms with Gasteiger partial charge in [-0.05, 0) is 24.1 Å². The van der Waals surface area contributed by atoms with Crippen molar-refractivity contribution >= 4 is 12.1 Å². The lowest BCUT2D eigenvalue weighted by Crippen LogP contribution is -2.16. The van der Waals surface area contributed by atoms with Crippen LogP contribution in [0.3, 0.4) is 0 Å². The summed E-state index contributed by atoms with van der Waals surface area (Å²) < 4.78 is 12.5. The predicted molar refractivity (Wildman–Crippen MR) is 57.0 cm³/mol. The molecule has 0 aliphatic rings. The summed E-state index contributed by atoms with van der Waals surface area (Å²) in [7, 11) is 0. The Morgan fingerprint density at radius 3 is 2.73 bits per heavy atom. The Morgan fingerprint density at radius 2 is 2.13 bits per heavy atom. The summed E-state index contributed by atoms with van der Waals surface area (Å²) in [5.74, 6) is -0.405. The van der Waals surface area contributed by atoms with Gasteiger partial charge in [-0.1, -0.05) is 19.1 Å². The summed E-state index contributed by atoms with van der Waals surface area (Å²) in [6, 6.07) is 5.86. The van der Waals surface area contributed by atoms with Gasteiger partial charge in [0.05, 0.1) is 6.21 Å². The minimum absolute atomic E-state index is 0.115. The summed E-state index contributed by atoms with van der Waals surface area (Å²) in [4.78, 5) is 11.0. The van der Waals surface area contributed by atoms with Gasteiger partial charge in [-0.25, -0.2) is 9.82 Å². The van der Waals surface area contributed by atoms with Gasteiger partial charge in [-0.3, -0.25) is 4.79 Å². The minimum Gasteiger partial charge on any atom is -0.273 e. The van der Waals surface area contributed by atoms with Crippen molar-refractivity contribution in [3.05, 3.63) is 35.6 Å². The van der Waals surface area contributed by atoms with E-state index >= 15 is 0 Å². The fraction of sp³-hybridized carbons (Fsp3) is 0.273. The number of nitrogens with zero attached hydrogens (tertiary/aromatic N) is 1. The molecule has 4 heteroatoms. The minimum atomic E-state index is -0.290. The van der Waals surface area contributed by atoms with Crippen LogP contribution in [-0.2, 0) is 4.79 Å². The molecule has 1 amide bonds. The van der Waals surface area contributed by atoms with E-state index in [1.807, 2.05) is 6.92 Å². The van der Waals surface area contributed by atoms with Gasteiger partial charge in [0.15, 0.2) is 0 Å². The smallest absolute Gasteiger partial charge is 0.240 e. The largest absolute Gasteiger partial charge is 0.273 e. The molecule has 0 fully saturated rings. The number of carbonyl (C=O) groups is 1. The van der Waals surface area contributed by atoms with E-state index in [0.29, 0.717) is 6.42 Å². The molecule has 80 valence electrons. The van der Waals surface area contributed by atoms with Crippen molar-refractivity contribution in [2.75, 3.05) is 0 Å². The summed E-state index contributed by atoms with van der Waals surface area (Å²) in [5.41, 5.74) is 3.13. The molecule has 0 aliphatic heterocycles. The summed E-state index contributed by atoms with van der Waals surface area (Å²) in [6.45, 7) is 1.92. The Morgan fingerprint density at radius 1 is 1.47 bits per heavy atom. The fourth-order valence-corrected chi connectivity index (χ4v) is 1.01. The van der Waals surface area contributed by atoms with E-state index in [9.17, 15) is 9.18 Å². The van der Waals surface area contributed by atoms with Gasteiger partial charge in [0.25, 0.3) is 0 Å². The van der Waals surface area contributed by atoms with Crippen LogP contribution in [0.4, 0.5) is 4.39 Å². The third-order valence-corrected chi connectivity index (χ3v) is 1.75. The molecule has 0 spiro atoms. The Bertz CT molecular complexity index is 346. The second-order valence-electron chi connectivity index (χ2n) is 3.09. The molecule has 1 aromatic rings.